The molecule has 0 unspecified atom stereocenters. The molecule has 0 bridgehead atoms. The minimum atomic E-state index is -0.884. The molecule has 2 saturated heterocycles. The molecule has 0 saturated carbocycles. The van der Waals surface area contributed by atoms with Crippen LogP contribution in [0, 0.1) is 5.41 Å². The first-order chi connectivity index (χ1) is 13.2. The SMILES string of the molecule is COc1ccc(C(C)C)cc1CN1CCC2(CC1)C[C@@H](C(=O)O)N(C(C)=O)C2. The van der Waals surface area contributed by atoms with Gasteiger partial charge >= 0.3 is 5.97 Å². The molecule has 1 aromatic rings. The molecule has 1 N–H and O–H groups in total. The van der Waals surface area contributed by atoms with Crippen molar-refractivity contribution in [2.45, 2.75) is 58.5 Å². The van der Waals surface area contributed by atoms with Gasteiger partial charge in [0.2, 0.25) is 5.91 Å². The highest BCUT2D eigenvalue weighted by Crippen LogP contribution is 2.44. The first kappa shape index (κ1) is 20.6. The molecule has 2 fully saturated rings. The maximum absolute atomic E-state index is 11.9. The van der Waals surface area contributed by atoms with Crippen molar-refractivity contribution in [1.29, 1.82) is 0 Å². The molecule has 1 aromatic carbocycles. The van der Waals surface area contributed by atoms with Crippen molar-refractivity contribution in [2.24, 2.45) is 5.41 Å². The molecule has 2 aliphatic heterocycles. The Morgan fingerprint density at radius 3 is 2.46 bits per heavy atom. The van der Waals surface area contributed by atoms with E-state index in [-0.39, 0.29) is 11.3 Å². The van der Waals surface area contributed by atoms with Gasteiger partial charge in [-0.2, -0.15) is 0 Å². The minimum Gasteiger partial charge on any atom is -0.496 e. The van der Waals surface area contributed by atoms with Gasteiger partial charge in [0.05, 0.1) is 7.11 Å². The summed E-state index contributed by atoms with van der Waals surface area (Å²) in [7, 11) is 1.71. The quantitative estimate of drug-likeness (QED) is 0.839. The molecule has 6 nitrogen and oxygen atoms in total. The van der Waals surface area contributed by atoms with E-state index >= 15 is 0 Å². The molecular weight excluding hydrogens is 356 g/mol. The Labute approximate surface area is 167 Å². The lowest BCUT2D eigenvalue weighted by Crippen LogP contribution is -2.42. The number of rotatable bonds is 5. The predicted octanol–water partition coefficient (Wildman–Crippen LogP) is 3.11. The highest BCUT2D eigenvalue weighted by Gasteiger charge is 2.49. The number of hydrogen-bond acceptors (Lipinski definition) is 4. The molecule has 0 aliphatic carbocycles. The van der Waals surface area contributed by atoms with Crippen LogP contribution in [0.1, 0.15) is 57.1 Å². The second-order valence-corrected chi connectivity index (χ2v) is 8.71. The topological polar surface area (TPSA) is 70.1 Å². The monoisotopic (exact) mass is 388 g/mol. The fourth-order valence-corrected chi connectivity index (χ4v) is 4.68. The Hall–Kier alpha value is -2.08. The maximum atomic E-state index is 11.9. The summed E-state index contributed by atoms with van der Waals surface area (Å²) in [4.78, 5) is 27.4. The Morgan fingerprint density at radius 1 is 1.29 bits per heavy atom. The number of aliphatic carboxylic acids is 1. The molecule has 1 amide bonds. The number of hydrogen-bond donors (Lipinski definition) is 1. The number of methoxy groups -OCH3 is 1. The van der Waals surface area contributed by atoms with Crippen LogP contribution in [0.3, 0.4) is 0 Å². The van der Waals surface area contributed by atoms with Gasteiger partial charge in [-0.1, -0.05) is 26.0 Å². The number of carbonyl (C=O) groups excluding carboxylic acids is 1. The van der Waals surface area contributed by atoms with Gasteiger partial charge in [-0.3, -0.25) is 9.69 Å². The van der Waals surface area contributed by atoms with Gasteiger partial charge in [-0.15, -0.1) is 0 Å². The largest absolute Gasteiger partial charge is 0.496 e. The molecule has 3 rings (SSSR count). The average Bonchev–Trinajstić information content (AvgIpc) is 3.04. The fraction of sp³-hybridized carbons (Fsp3) is 0.636. The van der Waals surface area contributed by atoms with E-state index < -0.39 is 12.0 Å². The lowest BCUT2D eigenvalue weighted by atomic mass is 9.76. The maximum Gasteiger partial charge on any atom is 0.326 e. The lowest BCUT2D eigenvalue weighted by molar-refractivity contribution is -0.147. The zero-order valence-corrected chi connectivity index (χ0v) is 17.4. The third kappa shape index (κ3) is 4.17. The van der Waals surface area contributed by atoms with Gasteiger partial charge < -0.3 is 14.7 Å². The first-order valence-corrected chi connectivity index (χ1v) is 10.1. The number of carboxylic acid groups (broad SMARTS) is 1. The number of amides is 1. The number of carboxylic acids is 1. The van der Waals surface area contributed by atoms with Crippen LogP contribution in [-0.2, 0) is 16.1 Å². The van der Waals surface area contributed by atoms with Crippen LogP contribution in [0.25, 0.3) is 0 Å². The standard InChI is InChI=1S/C22H32N2O4/c1-15(2)17-5-6-20(28-4)18(11-17)13-23-9-7-22(8-10-23)12-19(21(26)27)24(14-22)16(3)25/h5-6,11,15,19H,7-10,12-14H2,1-4H3,(H,26,27)/t19-/m0/s1. The van der Waals surface area contributed by atoms with Crippen LogP contribution in [0.4, 0.5) is 0 Å². The summed E-state index contributed by atoms with van der Waals surface area (Å²) in [6, 6.07) is 5.74. The molecule has 1 spiro atoms. The van der Waals surface area contributed by atoms with Crippen molar-refractivity contribution in [3.05, 3.63) is 29.3 Å². The summed E-state index contributed by atoms with van der Waals surface area (Å²) in [6.45, 7) is 9.07. The number of ether oxygens (including phenoxy) is 1. The van der Waals surface area contributed by atoms with E-state index in [1.54, 1.807) is 12.0 Å². The Balaban J connectivity index is 1.67. The van der Waals surface area contributed by atoms with Crippen LogP contribution in [0.2, 0.25) is 0 Å². The van der Waals surface area contributed by atoms with E-state index in [0.717, 1.165) is 38.2 Å². The molecule has 1 atom stereocenters. The number of benzene rings is 1. The summed E-state index contributed by atoms with van der Waals surface area (Å²) in [5.74, 6) is 0.365. The molecule has 0 radical (unpaired) electrons. The average molecular weight is 389 g/mol. The van der Waals surface area contributed by atoms with E-state index in [9.17, 15) is 14.7 Å². The van der Waals surface area contributed by atoms with E-state index in [2.05, 4.69) is 36.9 Å². The van der Waals surface area contributed by atoms with E-state index in [4.69, 9.17) is 4.74 Å². The van der Waals surface area contributed by atoms with Crippen molar-refractivity contribution in [3.63, 3.8) is 0 Å². The minimum absolute atomic E-state index is 0.0604. The summed E-state index contributed by atoms with van der Waals surface area (Å²) in [5, 5.41) is 9.50. The molecule has 6 heteroatoms. The van der Waals surface area contributed by atoms with Gasteiger partial charge in [0.15, 0.2) is 0 Å². The fourth-order valence-electron chi connectivity index (χ4n) is 4.68. The summed E-state index contributed by atoms with van der Waals surface area (Å²) in [6.07, 6.45) is 2.42. The van der Waals surface area contributed by atoms with Crippen molar-refractivity contribution in [3.8, 4) is 5.75 Å². The third-order valence-electron chi connectivity index (χ3n) is 6.48. The number of nitrogens with zero attached hydrogens (tertiary/aromatic N) is 2. The zero-order valence-electron chi connectivity index (χ0n) is 17.4. The summed E-state index contributed by atoms with van der Waals surface area (Å²) in [5.41, 5.74) is 2.45. The second kappa shape index (κ2) is 8.11. The van der Waals surface area contributed by atoms with Gasteiger partial charge in [0.25, 0.3) is 0 Å². The van der Waals surface area contributed by atoms with Crippen LogP contribution < -0.4 is 4.74 Å². The van der Waals surface area contributed by atoms with Gasteiger partial charge in [-0.05, 0) is 55.3 Å². The Morgan fingerprint density at radius 2 is 1.96 bits per heavy atom. The van der Waals surface area contributed by atoms with Crippen LogP contribution in [0.5, 0.6) is 5.75 Å². The smallest absolute Gasteiger partial charge is 0.326 e. The molecule has 2 heterocycles. The van der Waals surface area contributed by atoms with Crippen molar-refractivity contribution < 1.29 is 19.4 Å². The molecule has 28 heavy (non-hydrogen) atoms. The molecular formula is C22H32N2O4. The third-order valence-corrected chi connectivity index (χ3v) is 6.48. The molecule has 154 valence electrons. The summed E-state index contributed by atoms with van der Waals surface area (Å²) >= 11 is 0. The van der Waals surface area contributed by atoms with Gasteiger partial charge in [-0.25, -0.2) is 4.79 Å². The molecule has 2 aliphatic rings. The van der Waals surface area contributed by atoms with Crippen LogP contribution in [0.15, 0.2) is 18.2 Å². The Bertz CT molecular complexity index is 714. The van der Waals surface area contributed by atoms with Crippen molar-refractivity contribution in [1.82, 2.24) is 9.80 Å². The zero-order chi connectivity index (χ0) is 20.5. The first-order valence-electron chi connectivity index (χ1n) is 10.1. The van der Waals surface area contributed by atoms with E-state index in [1.807, 2.05) is 0 Å². The second-order valence-electron chi connectivity index (χ2n) is 8.71. The Kier molecular flexibility index (Phi) is 5.98. The molecule has 0 aromatic heterocycles. The van der Waals surface area contributed by atoms with E-state index in [0.29, 0.717) is 18.9 Å². The van der Waals surface area contributed by atoms with E-state index in [1.165, 1.54) is 18.1 Å². The van der Waals surface area contributed by atoms with Gasteiger partial charge in [0.1, 0.15) is 11.8 Å². The van der Waals surface area contributed by atoms with Crippen LogP contribution >= 0.6 is 0 Å². The highest BCUT2D eigenvalue weighted by molar-refractivity contribution is 5.83. The lowest BCUT2D eigenvalue weighted by Gasteiger charge is -2.39. The summed E-state index contributed by atoms with van der Waals surface area (Å²) < 4.78 is 5.56. The normalized spacial score (nSPS) is 22.0. The van der Waals surface area contributed by atoms with Crippen LogP contribution in [-0.4, -0.2) is 59.6 Å². The van der Waals surface area contributed by atoms with Crippen molar-refractivity contribution in [2.75, 3.05) is 26.7 Å². The predicted molar refractivity (Wildman–Crippen MR) is 107 cm³/mol. The highest BCUT2D eigenvalue weighted by atomic mass is 16.5. The van der Waals surface area contributed by atoms with Gasteiger partial charge in [0, 0.05) is 25.6 Å². The van der Waals surface area contributed by atoms with Crippen molar-refractivity contribution >= 4 is 11.9 Å². The number of piperidine rings is 1. The number of likely N-dealkylation sites (tertiary alicyclic amines) is 2. The number of carbonyl (C=O) groups is 2.